The van der Waals surface area contributed by atoms with Crippen LogP contribution in [0.2, 0.25) is 5.02 Å². The van der Waals surface area contributed by atoms with Crippen molar-refractivity contribution in [1.29, 1.82) is 0 Å². The first-order valence-electron chi connectivity index (χ1n) is 8.29. The van der Waals surface area contributed by atoms with E-state index in [-0.39, 0.29) is 18.0 Å². The second kappa shape index (κ2) is 8.18. The summed E-state index contributed by atoms with van der Waals surface area (Å²) in [6.45, 7) is 1.93. The normalized spacial score (nSPS) is 19.4. The van der Waals surface area contributed by atoms with E-state index < -0.39 is 7.12 Å². The molecule has 3 rings (SSSR count). The quantitative estimate of drug-likeness (QED) is 0.776. The van der Waals surface area contributed by atoms with E-state index in [1.807, 2.05) is 31.2 Å². The molecule has 0 spiro atoms. The van der Waals surface area contributed by atoms with E-state index in [2.05, 4.69) is 0 Å². The molecule has 0 aliphatic carbocycles. The van der Waals surface area contributed by atoms with Gasteiger partial charge in [0.2, 0.25) is 0 Å². The molecule has 0 amide bonds. The van der Waals surface area contributed by atoms with Gasteiger partial charge in [-0.1, -0.05) is 35.9 Å². The largest absolute Gasteiger partial charge is 0.636 e. The molecule has 0 saturated heterocycles. The van der Waals surface area contributed by atoms with Crippen LogP contribution >= 0.6 is 11.6 Å². The molecular weight excluding hydrogens is 368 g/mol. The fraction of sp³-hybridized carbons (Fsp3) is 0.158. The monoisotopic (exact) mass is 387 g/mol. The molecule has 8 heteroatoms. The molecule has 1 aliphatic rings. The fourth-order valence-electron chi connectivity index (χ4n) is 2.56. The fourth-order valence-corrected chi connectivity index (χ4v) is 2.76. The maximum atomic E-state index is 9.80. The summed E-state index contributed by atoms with van der Waals surface area (Å²) in [5, 5.41) is 20.2. The second-order valence-corrected chi connectivity index (χ2v) is 6.49. The Labute approximate surface area is 163 Å². The Balaban J connectivity index is 1.71. The van der Waals surface area contributed by atoms with Crippen LogP contribution in [0.5, 0.6) is 5.75 Å². The summed E-state index contributed by atoms with van der Waals surface area (Å²) in [5.74, 6) is -0.0151. The van der Waals surface area contributed by atoms with E-state index in [0.29, 0.717) is 16.2 Å². The molecule has 1 heterocycles. The lowest BCUT2D eigenvalue weighted by atomic mass is 9.79. The van der Waals surface area contributed by atoms with Crippen molar-refractivity contribution in [3.8, 4) is 5.75 Å². The molecule has 0 saturated carbocycles. The van der Waals surface area contributed by atoms with Crippen molar-refractivity contribution in [2.75, 3.05) is 7.05 Å². The highest BCUT2D eigenvalue weighted by molar-refractivity contribution is 6.61. The van der Waals surface area contributed by atoms with Crippen LogP contribution in [-0.2, 0) is 9.31 Å². The zero-order valence-electron chi connectivity index (χ0n) is 14.9. The number of hydrogen-bond acceptors (Lipinski definition) is 6. The standard InChI is InChI=1S/C19H19BClNO5/c1-13(14-4-3-5-16(21)10-14)25-17-8-6-15(7-9-17)20-26-18(23)11-22(2)12-19(24)27-20/h3-13,23-24H,1-2H3/b18-11-,19-12-/t13-/m1/s1. The van der Waals surface area contributed by atoms with Gasteiger partial charge in [-0.25, -0.2) is 0 Å². The molecule has 2 aromatic rings. The number of ether oxygens (including phenoxy) is 1. The number of halogens is 1. The first kappa shape index (κ1) is 18.9. The molecule has 0 fully saturated rings. The van der Waals surface area contributed by atoms with Gasteiger partial charge in [0.1, 0.15) is 11.9 Å². The third-order valence-electron chi connectivity index (χ3n) is 3.87. The molecule has 27 heavy (non-hydrogen) atoms. The Hall–Kier alpha value is -2.93. The van der Waals surface area contributed by atoms with Gasteiger partial charge < -0.3 is 29.2 Å². The Bertz CT molecular complexity index is 833. The van der Waals surface area contributed by atoms with E-state index in [0.717, 1.165) is 5.56 Å². The Morgan fingerprint density at radius 1 is 1.04 bits per heavy atom. The minimum atomic E-state index is -0.995. The smallest absolute Gasteiger partial charge is 0.494 e. The predicted octanol–water partition coefficient (Wildman–Crippen LogP) is 3.87. The Kier molecular flexibility index (Phi) is 5.71. The number of aliphatic hydroxyl groups is 2. The van der Waals surface area contributed by atoms with Gasteiger partial charge >= 0.3 is 7.12 Å². The molecular formula is C19H19BClNO5. The summed E-state index contributed by atoms with van der Waals surface area (Å²) in [6, 6.07) is 14.5. The summed E-state index contributed by atoms with van der Waals surface area (Å²) in [4.78, 5) is 1.41. The SMILES string of the molecule is C[C@@H](Oc1ccc(B2O/C(O)=C\N(C)/C=C(/O)O2)cc1)c1cccc(Cl)c1. The van der Waals surface area contributed by atoms with Gasteiger partial charge in [-0.15, -0.1) is 0 Å². The van der Waals surface area contributed by atoms with E-state index in [9.17, 15) is 10.2 Å². The highest BCUT2D eigenvalue weighted by Crippen LogP contribution is 2.23. The van der Waals surface area contributed by atoms with Gasteiger partial charge in [0.05, 0.1) is 12.4 Å². The average molecular weight is 388 g/mol. The topological polar surface area (TPSA) is 71.4 Å². The molecule has 2 N–H and O–H groups in total. The van der Waals surface area contributed by atoms with Gasteiger partial charge in [-0.05, 0) is 36.8 Å². The molecule has 2 aromatic carbocycles. The summed E-state index contributed by atoms with van der Waals surface area (Å²) in [5.41, 5.74) is 1.56. The Morgan fingerprint density at radius 2 is 1.67 bits per heavy atom. The number of nitrogens with zero attached hydrogens (tertiary/aromatic N) is 1. The van der Waals surface area contributed by atoms with Gasteiger partial charge in [-0.2, -0.15) is 0 Å². The molecule has 1 aliphatic heterocycles. The van der Waals surface area contributed by atoms with E-state index >= 15 is 0 Å². The van der Waals surface area contributed by atoms with Gasteiger partial charge in [0.15, 0.2) is 0 Å². The highest BCUT2D eigenvalue weighted by Gasteiger charge is 2.29. The van der Waals surface area contributed by atoms with Crippen LogP contribution in [0.4, 0.5) is 0 Å². The summed E-state index contributed by atoms with van der Waals surface area (Å²) >= 11 is 6.02. The van der Waals surface area contributed by atoms with Crippen LogP contribution in [0.15, 0.2) is 72.8 Å². The first-order valence-corrected chi connectivity index (χ1v) is 8.67. The summed E-state index contributed by atoms with van der Waals surface area (Å²) in [6.07, 6.45) is 2.45. The van der Waals surface area contributed by atoms with Gasteiger partial charge in [0, 0.05) is 17.5 Å². The van der Waals surface area contributed by atoms with E-state index in [1.54, 1.807) is 31.3 Å². The molecule has 0 unspecified atom stereocenters. The molecule has 1 atom stereocenters. The van der Waals surface area contributed by atoms with E-state index in [4.69, 9.17) is 25.6 Å². The van der Waals surface area contributed by atoms with Crippen molar-refractivity contribution >= 4 is 24.2 Å². The van der Waals surface area contributed by atoms with Gasteiger partial charge in [0.25, 0.3) is 11.9 Å². The van der Waals surface area contributed by atoms with Crippen LogP contribution in [0.1, 0.15) is 18.6 Å². The molecule has 6 nitrogen and oxygen atoms in total. The first-order chi connectivity index (χ1) is 12.9. The zero-order valence-corrected chi connectivity index (χ0v) is 15.6. The van der Waals surface area contributed by atoms with Crippen LogP contribution in [-0.4, -0.2) is 29.3 Å². The lowest BCUT2D eigenvalue weighted by molar-refractivity contribution is 0.124. The zero-order chi connectivity index (χ0) is 19.4. The maximum absolute atomic E-state index is 9.80. The summed E-state index contributed by atoms with van der Waals surface area (Å²) in [7, 11) is 0.623. The van der Waals surface area contributed by atoms with Crippen molar-refractivity contribution in [1.82, 2.24) is 4.90 Å². The van der Waals surface area contributed by atoms with Crippen molar-refractivity contribution < 1.29 is 24.3 Å². The predicted molar refractivity (Wildman–Crippen MR) is 104 cm³/mol. The van der Waals surface area contributed by atoms with Gasteiger partial charge in [-0.3, -0.25) is 0 Å². The van der Waals surface area contributed by atoms with Crippen LogP contribution in [0.25, 0.3) is 0 Å². The van der Waals surface area contributed by atoms with Crippen LogP contribution in [0, 0.1) is 0 Å². The highest BCUT2D eigenvalue weighted by atomic mass is 35.5. The third kappa shape index (κ3) is 5.04. The van der Waals surface area contributed by atoms with Crippen molar-refractivity contribution in [3.63, 3.8) is 0 Å². The van der Waals surface area contributed by atoms with E-state index in [1.165, 1.54) is 17.3 Å². The second-order valence-electron chi connectivity index (χ2n) is 6.05. The number of benzene rings is 2. The third-order valence-corrected chi connectivity index (χ3v) is 4.10. The minimum Gasteiger partial charge on any atom is -0.494 e. The number of hydrogen-bond donors (Lipinski definition) is 2. The van der Waals surface area contributed by atoms with Crippen LogP contribution < -0.4 is 10.2 Å². The molecule has 140 valence electrons. The number of rotatable bonds is 4. The number of aliphatic hydroxyl groups excluding tert-OH is 2. The lowest BCUT2D eigenvalue weighted by Crippen LogP contribution is -2.37. The minimum absolute atomic E-state index is 0.182. The van der Waals surface area contributed by atoms with Crippen LogP contribution in [0.3, 0.4) is 0 Å². The summed E-state index contributed by atoms with van der Waals surface area (Å²) < 4.78 is 16.6. The average Bonchev–Trinajstić information content (AvgIpc) is 2.60. The molecule has 0 radical (unpaired) electrons. The molecule has 0 aromatic heterocycles. The van der Waals surface area contributed by atoms with Crippen molar-refractivity contribution in [2.24, 2.45) is 0 Å². The maximum Gasteiger partial charge on any atom is 0.636 e. The van der Waals surface area contributed by atoms with Crippen molar-refractivity contribution in [2.45, 2.75) is 13.0 Å². The van der Waals surface area contributed by atoms with Crippen molar-refractivity contribution in [3.05, 3.63) is 83.4 Å². The lowest BCUT2D eigenvalue weighted by Gasteiger charge is -2.20. The Morgan fingerprint density at radius 3 is 2.26 bits per heavy atom. The molecule has 0 bridgehead atoms.